The molecule has 0 aliphatic carbocycles. The Morgan fingerprint density at radius 1 is 1.35 bits per heavy atom. The standard InChI is InChI=1S/C18H23NO4/c1-5-21-14-8-6-7-13-12-9-10-19(11-15(12)22-16(13)14)17(20)23-18(2,3)4/h6-8H,5,9-11H2,1-4H3. The molecule has 23 heavy (non-hydrogen) atoms. The van der Waals surface area contributed by atoms with Crippen LogP contribution in [0.2, 0.25) is 0 Å². The summed E-state index contributed by atoms with van der Waals surface area (Å²) in [6, 6.07) is 5.93. The first kappa shape index (κ1) is 15.7. The predicted octanol–water partition coefficient (Wildman–Crippen LogP) is 4.12. The minimum absolute atomic E-state index is 0.298. The Morgan fingerprint density at radius 3 is 2.83 bits per heavy atom. The van der Waals surface area contributed by atoms with E-state index in [0.29, 0.717) is 19.7 Å². The van der Waals surface area contributed by atoms with Crippen LogP contribution in [-0.4, -0.2) is 29.7 Å². The van der Waals surface area contributed by atoms with E-state index in [0.717, 1.165) is 28.9 Å². The number of rotatable bonds is 2. The Bertz CT molecular complexity index is 726. The first-order valence-corrected chi connectivity index (χ1v) is 8.03. The number of nitrogens with zero attached hydrogens (tertiary/aromatic N) is 1. The molecule has 0 spiro atoms. The SMILES string of the molecule is CCOc1cccc2c3c(oc12)CN(C(=O)OC(C)(C)C)CC3. The third kappa shape index (κ3) is 3.14. The van der Waals surface area contributed by atoms with Crippen molar-refractivity contribution in [1.29, 1.82) is 0 Å². The van der Waals surface area contributed by atoms with Gasteiger partial charge in [0.05, 0.1) is 13.2 Å². The van der Waals surface area contributed by atoms with Gasteiger partial charge >= 0.3 is 6.09 Å². The first-order valence-electron chi connectivity index (χ1n) is 8.03. The lowest BCUT2D eigenvalue weighted by Crippen LogP contribution is -2.39. The first-order chi connectivity index (χ1) is 10.9. The monoisotopic (exact) mass is 317 g/mol. The number of fused-ring (bicyclic) bond motifs is 3. The number of carbonyl (C=O) groups is 1. The summed E-state index contributed by atoms with van der Waals surface area (Å²) in [5, 5.41) is 1.08. The lowest BCUT2D eigenvalue weighted by Gasteiger charge is -2.29. The number of hydrogen-bond donors (Lipinski definition) is 0. The van der Waals surface area contributed by atoms with Crippen molar-refractivity contribution in [3.63, 3.8) is 0 Å². The van der Waals surface area contributed by atoms with Crippen molar-refractivity contribution in [2.24, 2.45) is 0 Å². The summed E-state index contributed by atoms with van der Waals surface area (Å²) in [5.41, 5.74) is 1.44. The number of para-hydroxylation sites is 1. The fourth-order valence-corrected chi connectivity index (χ4v) is 2.85. The molecule has 0 saturated carbocycles. The molecule has 0 saturated heterocycles. The van der Waals surface area contributed by atoms with Crippen LogP contribution in [0.15, 0.2) is 22.6 Å². The molecule has 1 aromatic heterocycles. The molecule has 1 amide bonds. The van der Waals surface area contributed by atoms with Crippen LogP contribution in [0.1, 0.15) is 39.0 Å². The van der Waals surface area contributed by atoms with Crippen LogP contribution < -0.4 is 4.74 Å². The molecule has 5 nitrogen and oxygen atoms in total. The zero-order valence-electron chi connectivity index (χ0n) is 14.1. The minimum Gasteiger partial charge on any atom is -0.490 e. The second kappa shape index (κ2) is 5.80. The molecule has 5 heteroatoms. The van der Waals surface area contributed by atoms with Crippen molar-refractivity contribution in [1.82, 2.24) is 4.90 Å². The third-order valence-electron chi connectivity index (χ3n) is 3.78. The summed E-state index contributed by atoms with van der Waals surface area (Å²) in [7, 11) is 0. The average Bonchev–Trinajstić information content (AvgIpc) is 2.84. The molecule has 1 aromatic carbocycles. The van der Waals surface area contributed by atoms with Crippen LogP contribution in [0.25, 0.3) is 11.0 Å². The lowest BCUT2D eigenvalue weighted by atomic mass is 10.0. The molecule has 124 valence electrons. The van der Waals surface area contributed by atoms with E-state index in [-0.39, 0.29) is 6.09 Å². The van der Waals surface area contributed by atoms with Crippen LogP contribution in [0, 0.1) is 0 Å². The zero-order chi connectivity index (χ0) is 16.6. The molecule has 0 N–H and O–H groups in total. The Labute approximate surface area is 136 Å². The van der Waals surface area contributed by atoms with Crippen molar-refractivity contribution < 1.29 is 18.7 Å². The molecule has 1 aliphatic heterocycles. The number of furan rings is 1. The van der Waals surface area contributed by atoms with Gasteiger partial charge in [-0.2, -0.15) is 0 Å². The molecule has 3 rings (SSSR count). The number of amides is 1. The van der Waals surface area contributed by atoms with Gasteiger partial charge in [0.15, 0.2) is 11.3 Å². The molecule has 2 aromatic rings. The van der Waals surface area contributed by atoms with Gasteiger partial charge in [-0.25, -0.2) is 4.79 Å². The van der Waals surface area contributed by atoms with Crippen LogP contribution >= 0.6 is 0 Å². The van der Waals surface area contributed by atoms with Crippen molar-refractivity contribution in [3.05, 3.63) is 29.5 Å². The van der Waals surface area contributed by atoms with Gasteiger partial charge in [-0.1, -0.05) is 12.1 Å². The molecule has 1 aliphatic rings. The molecule has 0 radical (unpaired) electrons. The highest BCUT2D eigenvalue weighted by atomic mass is 16.6. The van der Waals surface area contributed by atoms with Crippen LogP contribution in [0.5, 0.6) is 5.75 Å². The summed E-state index contributed by atoms with van der Waals surface area (Å²) in [4.78, 5) is 13.9. The maximum atomic E-state index is 12.2. The minimum atomic E-state index is -0.493. The summed E-state index contributed by atoms with van der Waals surface area (Å²) < 4.78 is 17.1. The van der Waals surface area contributed by atoms with Crippen LogP contribution in [0.3, 0.4) is 0 Å². The second-order valence-corrected chi connectivity index (χ2v) is 6.72. The lowest BCUT2D eigenvalue weighted by molar-refractivity contribution is 0.0210. The van der Waals surface area contributed by atoms with Crippen molar-refractivity contribution >= 4 is 17.1 Å². The van der Waals surface area contributed by atoms with Gasteiger partial charge in [0.25, 0.3) is 0 Å². The average molecular weight is 317 g/mol. The van der Waals surface area contributed by atoms with Gasteiger partial charge in [-0.3, -0.25) is 0 Å². The molecule has 0 bridgehead atoms. The number of hydrogen-bond acceptors (Lipinski definition) is 4. The fourth-order valence-electron chi connectivity index (χ4n) is 2.85. The van der Waals surface area contributed by atoms with Gasteiger partial charge in [-0.05, 0) is 40.2 Å². The van der Waals surface area contributed by atoms with Crippen LogP contribution in [0.4, 0.5) is 4.79 Å². The second-order valence-electron chi connectivity index (χ2n) is 6.72. The van der Waals surface area contributed by atoms with E-state index in [2.05, 4.69) is 0 Å². The molecular formula is C18H23NO4. The van der Waals surface area contributed by atoms with E-state index in [4.69, 9.17) is 13.9 Å². The Kier molecular flexibility index (Phi) is 3.96. The molecule has 2 heterocycles. The predicted molar refractivity (Wildman–Crippen MR) is 87.7 cm³/mol. The van der Waals surface area contributed by atoms with E-state index in [9.17, 15) is 4.79 Å². The highest BCUT2D eigenvalue weighted by Crippen LogP contribution is 2.35. The highest BCUT2D eigenvalue weighted by Gasteiger charge is 2.29. The van der Waals surface area contributed by atoms with E-state index in [1.807, 2.05) is 45.9 Å². The number of ether oxygens (including phenoxy) is 2. The summed E-state index contributed by atoms with van der Waals surface area (Å²) in [5.74, 6) is 1.58. The highest BCUT2D eigenvalue weighted by molar-refractivity contribution is 5.87. The van der Waals surface area contributed by atoms with Gasteiger partial charge in [0.2, 0.25) is 0 Å². The van der Waals surface area contributed by atoms with Crippen LogP contribution in [-0.2, 0) is 17.7 Å². The Hall–Kier alpha value is -2.17. The topological polar surface area (TPSA) is 51.9 Å². The molecule has 0 fully saturated rings. The Balaban J connectivity index is 1.88. The largest absolute Gasteiger partial charge is 0.490 e. The molecule has 0 atom stereocenters. The van der Waals surface area contributed by atoms with Crippen molar-refractivity contribution in [2.45, 2.75) is 46.3 Å². The summed E-state index contributed by atoms with van der Waals surface area (Å²) >= 11 is 0. The van der Waals surface area contributed by atoms with E-state index < -0.39 is 5.60 Å². The van der Waals surface area contributed by atoms with Crippen molar-refractivity contribution in [3.8, 4) is 5.75 Å². The number of carbonyl (C=O) groups excluding carboxylic acids is 1. The number of benzene rings is 1. The molecule has 0 unspecified atom stereocenters. The van der Waals surface area contributed by atoms with Gasteiger partial charge in [-0.15, -0.1) is 0 Å². The maximum Gasteiger partial charge on any atom is 0.410 e. The zero-order valence-corrected chi connectivity index (χ0v) is 14.1. The van der Waals surface area contributed by atoms with Gasteiger partial charge < -0.3 is 18.8 Å². The van der Waals surface area contributed by atoms with E-state index in [1.54, 1.807) is 4.90 Å². The van der Waals surface area contributed by atoms with E-state index >= 15 is 0 Å². The summed E-state index contributed by atoms with van der Waals surface area (Å²) in [6.07, 6.45) is 0.464. The third-order valence-corrected chi connectivity index (χ3v) is 3.78. The smallest absolute Gasteiger partial charge is 0.410 e. The Morgan fingerprint density at radius 2 is 2.13 bits per heavy atom. The van der Waals surface area contributed by atoms with E-state index in [1.165, 1.54) is 5.56 Å². The molecular weight excluding hydrogens is 294 g/mol. The summed E-state index contributed by atoms with van der Waals surface area (Å²) in [6.45, 7) is 9.22. The fraction of sp³-hybridized carbons (Fsp3) is 0.500. The quantitative estimate of drug-likeness (QED) is 0.836. The normalized spacial score (nSPS) is 14.7. The van der Waals surface area contributed by atoms with Crippen molar-refractivity contribution in [2.75, 3.05) is 13.2 Å². The van der Waals surface area contributed by atoms with Gasteiger partial charge in [0.1, 0.15) is 11.4 Å². The maximum absolute atomic E-state index is 12.2. The van der Waals surface area contributed by atoms with Gasteiger partial charge in [0, 0.05) is 17.5 Å².